The molecule has 0 saturated carbocycles. The Morgan fingerprint density at radius 1 is 1.00 bits per heavy atom. The second kappa shape index (κ2) is 7.94. The van der Waals surface area contributed by atoms with Gasteiger partial charge in [-0.25, -0.2) is 0 Å². The first-order valence-corrected chi connectivity index (χ1v) is 9.62. The summed E-state index contributed by atoms with van der Waals surface area (Å²) in [4.78, 5) is 28.2. The average Bonchev–Trinajstić information content (AvgIpc) is 2.63. The predicted molar refractivity (Wildman–Crippen MR) is 137 cm³/mol. The van der Waals surface area contributed by atoms with Crippen molar-refractivity contribution in [2.24, 2.45) is 0 Å². The highest BCUT2D eigenvalue weighted by Gasteiger charge is 2.31. The highest BCUT2D eigenvalue weighted by molar-refractivity contribution is 6.61. The topological polar surface area (TPSA) is 99.5 Å². The highest BCUT2D eigenvalue weighted by Crippen LogP contribution is 2.22. The van der Waals surface area contributed by atoms with Gasteiger partial charge < -0.3 is 15.5 Å². The van der Waals surface area contributed by atoms with Gasteiger partial charge in [0.15, 0.2) is 13.5 Å². The van der Waals surface area contributed by atoms with Gasteiger partial charge in [-0.3, -0.25) is 14.6 Å². The molecule has 0 radical (unpaired) electrons. The molecular formula is C15H20B7ClN2O4. The number of benzene rings is 1. The smallest absolute Gasteiger partial charge is 0.311 e. The molecule has 3 N–H and O–H groups in total. The van der Waals surface area contributed by atoms with Crippen molar-refractivity contribution in [3.05, 3.63) is 16.3 Å². The normalized spacial score (nSPS) is 11.2. The van der Waals surface area contributed by atoms with E-state index < -0.39 is 17.2 Å². The molecule has 1 aromatic heterocycles. The second-order valence-electron chi connectivity index (χ2n) is 7.97. The van der Waals surface area contributed by atoms with Crippen molar-refractivity contribution >= 4 is 106 Å². The summed E-state index contributed by atoms with van der Waals surface area (Å²) >= 11 is 6.54. The summed E-state index contributed by atoms with van der Waals surface area (Å²) in [6.07, 6.45) is 0. The summed E-state index contributed by atoms with van der Waals surface area (Å²) in [5.41, 5.74) is 6.40. The quantitative estimate of drug-likeness (QED) is 0.441. The predicted octanol–water partition coefficient (Wildman–Crippen LogP) is -8.56. The molecule has 1 heterocycles. The van der Waals surface area contributed by atoms with Crippen LogP contribution in [-0.4, -0.2) is 87.3 Å². The van der Waals surface area contributed by atoms with Gasteiger partial charge in [-0.15, -0.1) is 0 Å². The van der Waals surface area contributed by atoms with E-state index >= 15 is 0 Å². The largest absolute Gasteiger partial charge is 0.506 e. The lowest BCUT2D eigenvalue weighted by Crippen LogP contribution is -2.56. The molecule has 0 aliphatic rings. The fourth-order valence-electron chi connectivity index (χ4n) is 3.45. The van der Waals surface area contributed by atoms with E-state index in [2.05, 4.69) is 10.3 Å². The lowest BCUT2D eigenvalue weighted by molar-refractivity contribution is -0.138. The number of aromatic hydroxyl groups is 1. The molecule has 2 rings (SSSR count). The van der Waals surface area contributed by atoms with E-state index in [0.29, 0.717) is 16.1 Å². The first-order chi connectivity index (χ1) is 13.2. The summed E-state index contributed by atoms with van der Waals surface area (Å²) in [5, 5.41) is 21.5. The number of carbonyl (C=O) groups excluding carboxylic acids is 1. The van der Waals surface area contributed by atoms with Crippen molar-refractivity contribution in [1.82, 2.24) is 10.3 Å². The number of aliphatic carboxylic acids is 1. The summed E-state index contributed by atoms with van der Waals surface area (Å²) in [5.74, 6) is -2.22. The van der Waals surface area contributed by atoms with Gasteiger partial charge in [0.05, 0.1) is 5.34 Å². The molecule has 142 valence electrons. The Morgan fingerprint density at radius 3 is 2.07 bits per heavy atom. The van der Waals surface area contributed by atoms with Crippen LogP contribution in [-0.2, 0) is 4.79 Å². The van der Waals surface area contributed by atoms with Gasteiger partial charge >= 0.3 is 5.97 Å². The molecule has 0 unspecified atom stereocenters. The second-order valence-corrected chi connectivity index (χ2v) is 8.35. The Kier molecular flexibility index (Phi) is 6.33. The minimum Gasteiger partial charge on any atom is -0.506 e. The number of halogens is 1. The van der Waals surface area contributed by atoms with Crippen LogP contribution in [0.1, 0.15) is 16.1 Å². The van der Waals surface area contributed by atoms with Crippen molar-refractivity contribution < 1.29 is 19.8 Å². The number of nitrogens with zero attached hydrogens (tertiary/aromatic N) is 1. The average molecular weight is 403 g/mol. The van der Waals surface area contributed by atoms with Crippen molar-refractivity contribution in [3.63, 3.8) is 0 Å². The third-order valence-electron chi connectivity index (χ3n) is 5.56. The SMILES string of the molecule is Bc1nc(C(=O)NC(B)(B)C(=O)O)c(O)c(B)c1-c1c(B)c(Cl)c(B)c(B)c1C. The van der Waals surface area contributed by atoms with Gasteiger partial charge in [0.1, 0.15) is 52.8 Å². The maximum absolute atomic E-state index is 12.6. The Balaban J connectivity index is 2.72. The minimum atomic E-state index is -1.50. The number of pyridine rings is 1. The third-order valence-corrected chi connectivity index (χ3v) is 6.12. The number of carboxylic acids is 1. The standard InChI is InChI=1S/C15H20B7ClN2O4/c1-2-3(6(17)9(23)8(19)5(2)16)4-7(18)11(26)10(24-12(4)20)13(27)25-15(21,22)14(28)29/h26H,16-22H2,1H3,(H,25,27)(H,28,29). The lowest BCUT2D eigenvalue weighted by atomic mass is 9.62. The van der Waals surface area contributed by atoms with Crippen LogP contribution in [0.3, 0.4) is 0 Å². The van der Waals surface area contributed by atoms with E-state index in [4.69, 9.17) is 11.6 Å². The molecule has 0 aliphatic heterocycles. The zero-order valence-electron chi connectivity index (χ0n) is 18.0. The van der Waals surface area contributed by atoms with Crippen LogP contribution < -0.4 is 32.8 Å². The number of amides is 1. The Morgan fingerprint density at radius 2 is 1.55 bits per heavy atom. The van der Waals surface area contributed by atoms with E-state index in [1.54, 1.807) is 15.7 Å². The number of carboxylic acid groups (broad SMARTS) is 1. The van der Waals surface area contributed by atoms with Crippen molar-refractivity contribution in [1.29, 1.82) is 0 Å². The fraction of sp³-hybridized carbons (Fsp3) is 0.133. The first-order valence-electron chi connectivity index (χ1n) is 9.24. The Hall–Kier alpha value is -2.15. The lowest BCUT2D eigenvalue weighted by Gasteiger charge is -2.24. The fourth-order valence-corrected chi connectivity index (χ4v) is 3.68. The molecular weight excluding hydrogens is 383 g/mol. The van der Waals surface area contributed by atoms with Crippen molar-refractivity contribution in [2.45, 2.75) is 12.3 Å². The number of aromatic nitrogens is 1. The highest BCUT2D eigenvalue weighted by atomic mass is 35.5. The molecule has 6 nitrogen and oxygen atoms in total. The van der Waals surface area contributed by atoms with Crippen LogP contribution >= 0.6 is 11.6 Å². The van der Waals surface area contributed by atoms with Crippen molar-refractivity contribution in [3.8, 4) is 16.9 Å². The molecule has 14 heteroatoms. The van der Waals surface area contributed by atoms with Crippen LogP contribution in [0.25, 0.3) is 11.1 Å². The number of carbonyl (C=O) groups is 2. The first kappa shape index (κ1) is 23.1. The molecule has 29 heavy (non-hydrogen) atoms. The van der Waals surface area contributed by atoms with Gasteiger partial charge in [0.2, 0.25) is 0 Å². The van der Waals surface area contributed by atoms with E-state index in [1.165, 1.54) is 15.7 Å². The number of hydrogen-bond donors (Lipinski definition) is 3. The minimum absolute atomic E-state index is 0.205. The summed E-state index contributed by atoms with van der Waals surface area (Å²) in [7, 11) is 12.1. The molecule has 0 atom stereocenters. The van der Waals surface area contributed by atoms with Gasteiger partial charge in [-0.05, 0) is 23.5 Å². The summed E-state index contributed by atoms with van der Waals surface area (Å²) in [6.45, 7) is 1.99. The maximum atomic E-state index is 12.6. The molecule has 1 amide bonds. The zero-order valence-corrected chi connectivity index (χ0v) is 18.8. The monoisotopic (exact) mass is 404 g/mol. The van der Waals surface area contributed by atoms with E-state index in [9.17, 15) is 19.8 Å². The number of rotatable bonds is 4. The molecule has 0 saturated heterocycles. The van der Waals surface area contributed by atoms with Gasteiger partial charge in [-0.1, -0.05) is 33.6 Å². The summed E-state index contributed by atoms with van der Waals surface area (Å²) < 4.78 is 0. The molecule has 0 aliphatic carbocycles. The van der Waals surface area contributed by atoms with Gasteiger partial charge in [0.25, 0.3) is 5.91 Å². The van der Waals surface area contributed by atoms with Gasteiger partial charge in [-0.2, -0.15) is 0 Å². The third kappa shape index (κ3) is 3.97. The number of hydrogen-bond acceptors (Lipinski definition) is 4. The zero-order chi connectivity index (χ0) is 22.4. The maximum Gasteiger partial charge on any atom is 0.311 e. The Labute approximate surface area is 181 Å². The van der Waals surface area contributed by atoms with Crippen LogP contribution in [0.2, 0.25) is 5.02 Å². The molecule has 0 fully saturated rings. The van der Waals surface area contributed by atoms with E-state index in [-0.39, 0.29) is 11.4 Å². The Bertz CT molecular complexity index is 1030. The van der Waals surface area contributed by atoms with Gasteiger partial charge in [0, 0.05) is 10.6 Å². The van der Waals surface area contributed by atoms with E-state index in [1.807, 2.05) is 30.5 Å². The van der Waals surface area contributed by atoms with Crippen LogP contribution in [0.4, 0.5) is 0 Å². The number of nitrogens with one attached hydrogen (secondary N) is 1. The van der Waals surface area contributed by atoms with E-state index in [0.717, 1.165) is 33.1 Å². The van der Waals surface area contributed by atoms with Crippen LogP contribution in [0, 0.1) is 6.92 Å². The molecule has 2 aromatic rings. The molecule has 0 bridgehead atoms. The van der Waals surface area contributed by atoms with Crippen molar-refractivity contribution in [2.75, 3.05) is 0 Å². The van der Waals surface area contributed by atoms with Crippen LogP contribution in [0.15, 0.2) is 0 Å². The molecule has 0 spiro atoms. The molecule has 1 aromatic carbocycles. The van der Waals surface area contributed by atoms with Crippen LogP contribution in [0.5, 0.6) is 5.75 Å². The summed E-state index contributed by atoms with van der Waals surface area (Å²) in [6, 6.07) is 0.